The third-order valence-corrected chi connectivity index (χ3v) is 4.61. The second-order valence-electron chi connectivity index (χ2n) is 4.32. The number of nitrogens with zero attached hydrogens (tertiary/aromatic N) is 3. The molecule has 0 N–H and O–H groups in total. The molecule has 20 heavy (non-hydrogen) atoms. The summed E-state index contributed by atoms with van der Waals surface area (Å²) in [7, 11) is 2.20. The van der Waals surface area contributed by atoms with E-state index in [1.54, 1.807) is 4.90 Å². The first-order chi connectivity index (χ1) is 9.47. The van der Waals surface area contributed by atoms with Gasteiger partial charge in [-0.3, -0.25) is 4.21 Å². The van der Waals surface area contributed by atoms with Gasteiger partial charge < -0.3 is 4.90 Å². The Morgan fingerprint density at radius 1 is 1.25 bits per heavy atom. The Morgan fingerprint density at radius 3 is 2.45 bits per heavy atom. The van der Waals surface area contributed by atoms with Crippen molar-refractivity contribution < 1.29 is 13.0 Å². The summed E-state index contributed by atoms with van der Waals surface area (Å²) in [5.41, 5.74) is -0.158. The summed E-state index contributed by atoms with van der Waals surface area (Å²) < 4.78 is 42.9. The fourth-order valence-corrected chi connectivity index (χ4v) is 3.31. The number of benzene rings is 1. The van der Waals surface area contributed by atoms with Gasteiger partial charge in [-0.25, -0.2) is 13.8 Å². The van der Waals surface area contributed by atoms with Gasteiger partial charge in [0, 0.05) is 42.0 Å². The molecular formula is C12H13F2N3OS2. The van der Waals surface area contributed by atoms with Crippen molar-refractivity contribution in [3.8, 4) is 0 Å². The van der Waals surface area contributed by atoms with Crippen LogP contribution in [-0.2, 0) is 22.3 Å². The van der Waals surface area contributed by atoms with Gasteiger partial charge in [-0.05, 0) is 12.1 Å². The van der Waals surface area contributed by atoms with Crippen LogP contribution in [-0.4, -0.2) is 27.7 Å². The van der Waals surface area contributed by atoms with Crippen LogP contribution in [0, 0.1) is 11.6 Å². The van der Waals surface area contributed by atoms with E-state index in [4.69, 9.17) is 0 Å². The molecule has 108 valence electrons. The van der Waals surface area contributed by atoms with Crippen LogP contribution in [0.15, 0.2) is 18.2 Å². The summed E-state index contributed by atoms with van der Waals surface area (Å²) in [4.78, 5) is 5.98. The number of anilines is 1. The summed E-state index contributed by atoms with van der Waals surface area (Å²) in [5, 5.41) is 0.703. The second kappa shape index (κ2) is 6.36. The minimum absolute atomic E-state index is 0.0815. The van der Waals surface area contributed by atoms with Crippen molar-refractivity contribution in [1.82, 2.24) is 9.36 Å². The van der Waals surface area contributed by atoms with Crippen molar-refractivity contribution in [3.05, 3.63) is 41.2 Å². The largest absolute Gasteiger partial charge is 0.353 e. The molecule has 0 radical (unpaired) electrons. The lowest BCUT2D eigenvalue weighted by Gasteiger charge is -2.05. The van der Waals surface area contributed by atoms with Gasteiger partial charge in [0.25, 0.3) is 0 Å². The van der Waals surface area contributed by atoms with Crippen molar-refractivity contribution >= 4 is 27.5 Å². The smallest absolute Gasteiger partial charge is 0.204 e. The van der Waals surface area contributed by atoms with Gasteiger partial charge in [0.2, 0.25) is 5.13 Å². The Kier molecular flexibility index (Phi) is 4.77. The Balaban J connectivity index is 2.05. The molecule has 1 aromatic heterocycles. The maximum absolute atomic E-state index is 13.4. The lowest BCUT2D eigenvalue weighted by Crippen LogP contribution is -2.09. The second-order valence-corrected chi connectivity index (χ2v) is 6.50. The number of hydrogen-bond acceptors (Lipinski definition) is 5. The van der Waals surface area contributed by atoms with Gasteiger partial charge >= 0.3 is 0 Å². The van der Waals surface area contributed by atoms with E-state index >= 15 is 0 Å². The molecule has 0 fully saturated rings. The number of rotatable bonds is 5. The highest BCUT2D eigenvalue weighted by Crippen LogP contribution is 2.18. The minimum Gasteiger partial charge on any atom is -0.353 e. The maximum Gasteiger partial charge on any atom is 0.204 e. The van der Waals surface area contributed by atoms with Gasteiger partial charge in [0.05, 0.1) is 11.5 Å². The molecule has 0 aliphatic heterocycles. The first kappa shape index (κ1) is 15.0. The molecule has 8 heteroatoms. The van der Waals surface area contributed by atoms with Gasteiger partial charge in [0.15, 0.2) is 5.82 Å². The molecule has 0 bridgehead atoms. The molecule has 0 amide bonds. The molecule has 0 aliphatic rings. The highest BCUT2D eigenvalue weighted by atomic mass is 32.2. The Morgan fingerprint density at radius 2 is 1.90 bits per heavy atom. The van der Waals surface area contributed by atoms with Crippen LogP contribution >= 0.6 is 11.5 Å². The molecule has 2 rings (SSSR count). The molecule has 0 spiro atoms. The molecule has 4 nitrogen and oxygen atoms in total. The average molecular weight is 317 g/mol. The van der Waals surface area contributed by atoms with Crippen molar-refractivity contribution in [3.63, 3.8) is 0 Å². The van der Waals surface area contributed by atoms with Crippen molar-refractivity contribution in [2.75, 3.05) is 19.0 Å². The predicted octanol–water partition coefficient (Wildman–Crippen LogP) is 2.33. The summed E-state index contributed by atoms with van der Waals surface area (Å²) in [6, 6.07) is 3.59. The highest BCUT2D eigenvalue weighted by Gasteiger charge is 2.14. The topological polar surface area (TPSA) is 46.1 Å². The third-order valence-electron chi connectivity index (χ3n) is 2.50. The third kappa shape index (κ3) is 3.57. The van der Waals surface area contributed by atoms with E-state index in [1.807, 2.05) is 14.1 Å². The summed E-state index contributed by atoms with van der Waals surface area (Å²) in [5.74, 6) is -1.04. The van der Waals surface area contributed by atoms with Crippen molar-refractivity contribution in [2.24, 2.45) is 0 Å². The van der Waals surface area contributed by atoms with E-state index in [2.05, 4.69) is 9.36 Å². The zero-order chi connectivity index (χ0) is 14.7. The first-order valence-corrected chi connectivity index (χ1v) is 8.01. The van der Waals surface area contributed by atoms with Gasteiger partial charge in [-0.1, -0.05) is 6.07 Å². The molecule has 0 saturated carbocycles. The molecule has 2 aromatic rings. The lowest BCUT2D eigenvalue weighted by atomic mass is 10.2. The maximum atomic E-state index is 13.4. The fourth-order valence-electron chi connectivity index (χ4n) is 1.51. The number of hydrogen-bond donors (Lipinski definition) is 0. The summed E-state index contributed by atoms with van der Waals surface area (Å²) >= 11 is 1.19. The van der Waals surface area contributed by atoms with Crippen LogP contribution in [0.2, 0.25) is 0 Å². The number of halogens is 2. The van der Waals surface area contributed by atoms with Gasteiger partial charge in [-0.2, -0.15) is 4.37 Å². The van der Waals surface area contributed by atoms with E-state index in [1.165, 1.54) is 17.6 Å². The Bertz CT molecular complexity index is 611. The summed E-state index contributed by atoms with van der Waals surface area (Å²) in [6.45, 7) is 0. The lowest BCUT2D eigenvalue weighted by molar-refractivity contribution is 0.564. The molecule has 1 unspecified atom stereocenters. The molecule has 1 aromatic carbocycles. The zero-order valence-corrected chi connectivity index (χ0v) is 12.6. The van der Waals surface area contributed by atoms with Crippen LogP contribution in [0.5, 0.6) is 0 Å². The molecule has 1 heterocycles. The monoisotopic (exact) mass is 317 g/mol. The fraction of sp³-hybridized carbons (Fsp3) is 0.333. The molecule has 1 atom stereocenters. The van der Waals surface area contributed by atoms with Crippen molar-refractivity contribution in [2.45, 2.75) is 11.5 Å². The minimum atomic E-state index is -1.46. The van der Waals surface area contributed by atoms with E-state index in [0.717, 1.165) is 12.1 Å². The van der Waals surface area contributed by atoms with Crippen LogP contribution in [0.1, 0.15) is 11.4 Å². The van der Waals surface area contributed by atoms with E-state index < -0.39 is 22.4 Å². The van der Waals surface area contributed by atoms with E-state index in [9.17, 15) is 13.0 Å². The molecule has 0 aliphatic carbocycles. The highest BCUT2D eigenvalue weighted by molar-refractivity contribution is 7.83. The van der Waals surface area contributed by atoms with Crippen LogP contribution < -0.4 is 4.90 Å². The zero-order valence-electron chi connectivity index (χ0n) is 11.0. The van der Waals surface area contributed by atoms with Crippen molar-refractivity contribution in [1.29, 1.82) is 0 Å². The predicted molar refractivity (Wildman–Crippen MR) is 76.1 cm³/mol. The van der Waals surface area contributed by atoms with E-state index in [-0.39, 0.29) is 17.1 Å². The average Bonchev–Trinajstić information content (AvgIpc) is 2.82. The van der Waals surface area contributed by atoms with Crippen LogP contribution in [0.3, 0.4) is 0 Å². The van der Waals surface area contributed by atoms with Crippen LogP contribution in [0.4, 0.5) is 13.9 Å². The standard InChI is InChI=1S/C12H13F2N3OS2/c1-17(2)12-15-11(16-19-12)7-20(18)6-8-9(13)4-3-5-10(8)14/h3-5H,6-7H2,1-2H3. The SMILES string of the molecule is CN(C)c1nc(CS(=O)Cc2c(F)cccc2F)ns1. The quantitative estimate of drug-likeness (QED) is 0.849. The first-order valence-electron chi connectivity index (χ1n) is 5.75. The van der Waals surface area contributed by atoms with Gasteiger partial charge in [0.1, 0.15) is 11.6 Å². The molecular weight excluding hydrogens is 304 g/mol. The normalized spacial score (nSPS) is 12.4. The van der Waals surface area contributed by atoms with Crippen LogP contribution in [0.25, 0.3) is 0 Å². The van der Waals surface area contributed by atoms with Gasteiger partial charge in [-0.15, -0.1) is 0 Å². The Hall–Kier alpha value is -1.41. The van der Waals surface area contributed by atoms with E-state index in [0.29, 0.717) is 11.0 Å². The number of aromatic nitrogens is 2. The summed E-state index contributed by atoms with van der Waals surface area (Å²) in [6.07, 6.45) is 0. The molecule has 0 saturated heterocycles. The Labute approximate surface area is 122 Å².